The van der Waals surface area contributed by atoms with Crippen molar-refractivity contribution in [3.05, 3.63) is 35.9 Å². The van der Waals surface area contributed by atoms with Gasteiger partial charge in [0.15, 0.2) is 0 Å². The van der Waals surface area contributed by atoms with Gasteiger partial charge in [0.25, 0.3) is 0 Å². The lowest BCUT2D eigenvalue weighted by Gasteiger charge is -2.26. The predicted octanol–water partition coefficient (Wildman–Crippen LogP) is 0.589. The summed E-state index contributed by atoms with van der Waals surface area (Å²) in [4.78, 5) is 24.2. The van der Waals surface area contributed by atoms with E-state index in [1.807, 2.05) is 30.3 Å². The van der Waals surface area contributed by atoms with Crippen molar-refractivity contribution in [1.82, 2.24) is 4.90 Å². The molecule has 0 saturated carbocycles. The molecular formula is C13H16N2O3. The lowest BCUT2D eigenvalue weighted by molar-refractivity contribution is -0.143. The molecule has 2 rings (SSSR count). The van der Waals surface area contributed by atoms with Crippen LogP contribution in [0, 0.1) is 0 Å². The molecule has 1 aliphatic rings. The molecule has 5 heteroatoms. The molecule has 96 valence electrons. The summed E-state index contributed by atoms with van der Waals surface area (Å²) >= 11 is 0. The van der Waals surface area contributed by atoms with Crippen LogP contribution in [-0.2, 0) is 16.1 Å². The molecule has 1 aromatic rings. The molecule has 5 nitrogen and oxygen atoms in total. The third-order valence-corrected chi connectivity index (χ3v) is 3.34. The second-order valence-corrected chi connectivity index (χ2v) is 4.51. The van der Waals surface area contributed by atoms with E-state index in [-0.39, 0.29) is 0 Å². The van der Waals surface area contributed by atoms with Gasteiger partial charge in [-0.25, -0.2) is 0 Å². The van der Waals surface area contributed by atoms with Crippen molar-refractivity contribution in [2.45, 2.75) is 31.5 Å². The number of carboxylic acid groups (broad SMARTS) is 1. The molecular weight excluding hydrogens is 232 g/mol. The summed E-state index contributed by atoms with van der Waals surface area (Å²) < 4.78 is 0. The van der Waals surface area contributed by atoms with E-state index in [1.54, 1.807) is 4.90 Å². The van der Waals surface area contributed by atoms with E-state index in [9.17, 15) is 9.59 Å². The number of nitrogens with zero attached hydrogens (tertiary/aromatic N) is 1. The maximum atomic E-state index is 11.4. The molecule has 0 aromatic heterocycles. The number of nitrogens with two attached hydrogens (primary N) is 1. The van der Waals surface area contributed by atoms with E-state index >= 15 is 0 Å². The van der Waals surface area contributed by atoms with Gasteiger partial charge in [0.1, 0.15) is 6.04 Å². The Bertz CT molecular complexity index is 425. The van der Waals surface area contributed by atoms with Crippen LogP contribution in [0.4, 0.5) is 0 Å². The highest BCUT2D eigenvalue weighted by Gasteiger charge is 2.40. The molecule has 1 saturated heterocycles. The first-order chi connectivity index (χ1) is 8.59. The Morgan fingerprint density at radius 1 is 1.22 bits per heavy atom. The minimum atomic E-state index is -0.894. The average Bonchev–Trinajstić information content (AvgIpc) is 2.74. The van der Waals surface area contributed by atoms with Gasteiger partial charge in [0.05, 0.1) is 6.04 Å². The van der Waals surface area contributed by atoms with E-state index in [1.165, 1.54) is 0 Å². The van der Waals surface area contributed by atoms with Crippen molar-refractivity contribution in [2.24, 2.45) is 5.73 Å². The van der Waals surface area contributed by atoms with Crippen LogP contribution < -0.4 is 5.73 Å². The smallest absolute Gasteiger partial charge is 0.320 e. The number of carbonyl (C=O) groups excluding carboxylic acids is 1. The Hall–Kier alpha value is -1.88. The van der Waals surface area contributed by atoms with Crippen molar-refractivity contribution in [3.63, 3.8) is 0 Å². The summed E-state index contributed by atoms with van der Waals surface area (Å²) in [5.74, 6) is -1.34. The first-order valence-corrected chi connectivity index (χ1v) is 5.91. The highest BCUT2D eigenvalue weighted by atomic mass is 16.4. The lowest BCUT2D eigenvalue weighted by Crippen LogP contribution is -2.45. The number of primary amides is 1. The SMILES string of the molecule is NC(=O)[C@H]1CC[C@H](C(=O)O)N1Cc1ccccc1. The summed E-state index contributed by atoms with van der Waals surface area (Å²) in [6.07, 6.45) is 0.981. The van der Waals surface area contributed by atoms with Gasteiger partial charge < -0.3 is 10.8 Å². The third-order valence-electron chi connectivity index (χ3n) is 3.34. The largest absolute Gasteiger partial charge is 0.480 e. The number of hydrogen-bond donors (Lipinski definition) is 2. The molecule has 0 spiro atoms. The van der Waals surface area contributed by atoms with Gasteiger partial charge >= 0.3 is 5.97 Å². The zero-order chi connectivity index (χ0) is 13.1. The molecule has 0 aliphatic carbocycles. The van der Waals surface area contributed by atoms with Crippen molar-refractivity contribution < 1.29 is 14.7 Å². The van der Waals surface area contributed by atoms with Gasteiger partial charge in [0.2, 0.25) is 5.91 Å². The zero-order valence-corrected chi connectivity index (χ0v) is 9.95. The van der Waals surface area contributed by atoms with Gasteiger partial charge in [-0.3, -0.25) is 14.5 Å². The minimum absolute atomic E-state index is 0.436. The van der Waals surface area contributed by atoms with E-state index in [0.717, 1.165) is 5.56 Å². The van der Waals surface area contributed by atoms with Gasteiger partial charge in [-0.1, -0.05) is 30.3 Å². The second kappa shape index (κ2) is 5.18. The molecule has 1 amide bonds. The maximum absolute atomic E-state index is 11.4. The van der Waals surface area contributed by atoms with E-state index in [2.05, 4.69) is 0 Å². The number of carbonyl (C=O) groups is 2. The van der Waals surface area contributed by atoms with Crippen molar-refractivity contribution in [1.29, 1.82) is 0 Å². The normalized spacial score (nSPS) is 24.0. The predicted molar refractivity (Wildman–Crippen MR) is 65.6 cm³/mol. The quantitative estimate of drug-likeness (QED) is 0.816. The number of carboxylic acids is 1. The summed E-state index contributed by atoms with van der Waals surface area (Å²) in [7, 11) is 0. The molecule has 0 bridgehead atoms. The summed E-state index contributed by atoms with van der Waals surface area (Å²) in [6.45, 7) is 0.436. The average molecular weight is 248 g/mol. The van der Waals surface area contributed by atoms with Crippen LogP contribution >= 0.6 is 0 Å². The van der Waals surface area contributed by atoms with Crippen LogP contribution in [0.3, 0.4) is 0 Å². The molecule has 3 N–H and O–H groups in total. The Kier molecular flexibility index (Phi) is 3.62. The van der Waals surface area contributed by atoms with Crippen molar-refractivity contribution in [3.8, 4) is 0 Å². The lowest BCUT2D eigenvalue weighted by atomic mass is 10.1. The standard InChI is InChI=1S/C13H16N2O3/c14-12(16)10-6-7-11(13(17)18)15(10)8-9-4-2-1-3-5-9/h1-5,10-11H,6-8H2,(H2,14,16)(H,17,18)/t10-,11-/m1/s1. The van der Waals surface area contributed by atoms with Gasteiger partial charge in [-0.2, -0.15) is 0 Å². The van der Waals surface area contributed by atoms with Crippen LogP contribution in [0.5, 0.6) is 0 Å². The molecule has 1 aliphatic heterocycles. The number of hydrogen-bond acceptors (Lipinski definition) is 3. The van der Waals surface area contributed by atoms with Crippen LogP contribution in [-0.4, -0.2) is 34.0 Å². The van der Waals surface area contributed by atoms with E-state index in [0.29, 0.717) is 19.4 Å². The third kappa shape index (κ3) is 2.51. The van der Waals surface area contributed by atoms with E-state index < -0.39 is 24.0 Å². The Morgan fingerprint density at radius 3 is 2.39 bits per heavy atom. The molecule has 0 unspecified atom stereocenters. The number of amides is 1. The van der Waals surface area contributed by atoms with Crippen molar-refractivity contribution >= 4 is 11.9 Å². The first kappa shape index (κ1) is 12.6. The fraction of sp³-hybridized carbons (Fsp3) is 0.385. The fourth-order valence-corrected chi connectivity index (χ4v) is 2.45. The van der Waals surface area contributed by atoms with Gasteiger partial charge in [-0.05, 0) is 18.4 Å². The summed E-state index contributed by atoms with van der Waals surface area (Å²) in [5, 5.41) is 9.17. The van der Waals surface area contributed by atoms with Crippen LogP contribution in [0.25, 0.3) is 0 Å². The highest BCUT2D eigenvalue weighted by molar-refractivity contribution is 5.83. The molecule has 1 aromatic carbocycles. The zero-order valence-electron chi connectivity index (χ0n) is 9.95. The molecule has 2 atom stereocenters. The molecule has 0 radical (unpaired) electrons. The molecule has 18 heavy (non-hydrogen) atoms. The molecule has 1 fully saturated rings. The number of likely N-dealkylation sites (tertiary alicyclic amines) is 1. The second-order valence-electron chi connectivity index (χ2n) is 4.51. The number of aliphatic carboxylic acids is 1. The topological polar surface area (TPSA) is 83.6 Å². The van der Waals surface area contributed by atoms with Crippen LogP contribution in [0.1, 0.15) is 18.4 Å². The minimum Gasteiger partial charge on any atom is -0.480 e. The Labute approximate surface area is 105 Å². The number of rotatable bonds is 4. The summed E-state index contributed by atoms with van der Waals surface area (Å²) in [5.41, 5.74) is 6.31. The Balaban J connectivity index is 2.19. The number of benzene rings is 1. The monoisotopic (exact) mass is 248 g/mol. The first-order valence-electron chi connectivity index (χ1n) is 5.91. The van der Waals surface area contributed by atoms with Crippen molar-refractivity contribution in [2.75, 3.05) is 0 Å². The van der Waals surface area contributed by atoms with Crippen LogP contribution in [0.15, 0.2) is 30.3 Å². The highest BCUT2D eigenvalue weighted by Crippen LogP contribution is 2.26. The van der Waals surface area contributed by atoms with Gasteiger partial charge in [-0.15, -0.1) is 0 Å². The Morgan fingerprint density at radius 2 is 1.83 bits per heavy atom. The van der Waals surface area contributed by atoms with E-state index in [4.69, 9.17) is 10.8 Å². The molecule has 1 heterocycles. The maximum Gasteiger partial charge on any atom is 0.320 e. The fourth-order valence-electron chi connectivity index (χ4n) is 2.45. The summed E-state index contributed by atoms with van der Waals surface area (Å²) in [6, 6.07) is 8.40. The van der Waals surface area contributed by atoms with Crippen LogP contribution in [0.2, 0.25) is 0 Å². The van der Waals surface area contributed by atoms with Gasteiger partial charge in [0, 0.05) is 6.54 Å².